The van der Waals surface area contributed by atoms with Gasteiger partial charge in [0.15, 0.2) is 6.10 Å². The van der Waals surface area contributed by atoms with Crippen LogP contribution in [0.2, 0.25) is 5.02 Å². The third-order valence-corrected chi connectivity index (χ3v) is 4.99. The van der Waals surface area contributed by atoms with Crippen LogP contribution < -0.4 is 15.7 Å². The maximum absolute atomic E-state index is 12.4. The molecule has 1 aromatic heterocycles. The Bertz CT molecular complexity index is 1190. The molecule has 0 spiro atoms. The molecular weight excluding hydrogens is 466 g/mol. The number of hydrazine groups is 1. The van der Waals surface area contributed by atoms with Crippen molar-refractivity contribution in [1.82, 2.24) is 15.6 Å². The van der Waals surface area contributed by atoms with Gasteiger partial charge in [-0.2, -0.15) is 5.16 Å². The van der Waals surface area contributed by atoms with E-state index in [2.05, 4.69) is 5.43 Å². The SMILES string of the molecule is CCOC(=O)[C@H](O)CN(Cc1ccc(-c2cc(Cl)ccc2OC)cc1)NC(=O)c1cc(=O)[nH]o1. The Hall–Kier alpha value is -3.60. The lowest BCUT2D eigenvalue weighted by Crippen LogP contribution is -2.47. The standard InChI is InChI=1S/C23H24ClN3O7/c1-3-33-23(31)18(28)13-27(25-22(30)20-11-21(29)26-34-20)12-14-4-6-15(7-5-14)17-10-16(24)8-9-19(17)32-2/h4-11,18,28H,3,12-13H2,1-2H3,(H,25,30)(H,26,29)/t18-/m1/s1. The average Bonchev–Trinajstić information content (AvgIpc) is 3.26. The Labute approximate surface area is 200 Å². The van der Waals surface area contributed by atoms with E-state index in [4.69, 9.17) is 25.6 Å². The molecule has 10 nitrogen and oxygen atoms in total. The van der Waals surface area contributed by atoms with Crippen LogP contribution in [0.3, 0.4) is 0 Å². The van der Waals surface area contributed by atoms with Crippen LogP contribution >= 0.6 is 11.6 Å². The van der Waals surface area contributed by atoms with Gasteiger partial charge in [0.2, 0.25) is 5.76 Å². The molecule has 0 radical (unpaired) electrons. The number of aliphatic hydroxyl groups is 1. The number of carbonyl (C=O) groups excluding carboxylic acids is 2. The Kier molecular flexibility index (Phi) is 8.47. The molecule has 0 saturated heterocycles. The largest absolute Gasteiger partial charge is 0.496 e. The number of nitrogens with zero attached hydrogens (tertiary/aromatic N) is 1. The smallest absolute Gasteiger partial charge is 0.336 e. The number of aromatic amines is 1. The number of esters is 1. The van der Waals surface area contributed by atoms with Gasteiger partial charge in [0.1, 0.15) is 5.75 Å². The molecule has 34 heavy (non-hydrogen) atoms. The highest BCUT2D eigenvalue weighted by atomic mass is 35.5. The Morgan fingerprint density at radius 3 is 2.56 bits per heavy atom. The molecule has 0 saturated carbocycles. The summed E-state index contributed by atoms with van der Waals surface area (Å²) in [7, 11) is 1.57. The molecule has 3 aromatic rings. The number of rotatable bonds is 10. The lowest BCUT2D eigenvalue weighted by atomic mass is 10.0. The topological polar surface area (TPSA) is 134 Å². The summed E-state index contributed by atoms with van der Waals surface area (Å²) in [6.45, 7) is 1.59. The van der Waals surface area contributed by atoms with E-state index in [1.54, 1.807) is 32.2 Å². The maximum atomic E-state index is 12.4. The zero-order chi connectivity index (χ0) is 24.7. The predicted octanol–water partition coefficient (Wildman–Crippen LogP) is 2.37. The molecule has 11 heteroatoms. The minimum atomic E-state index is -1.51. The third-order valence-electron chi connectivity index (χ3n) is 4.76. The number of carbonyl (C=O) groups is 2. The highest BCUT2D eigenvalue weighted by molar-refractivity contribution is 6.31. The normalized spacial score (nSPS) is 11.8. The molecule has 1 heterocycles. The number of nitrogens with one attached hydrogen (secondary N) is 2. The van der Waals surface area contributed by atoms with E-state index in [1.807, 2.05) is 29.4 Å². The van der Waals surface area contributed by atoms with Crippen LogP contribution in [0.5, 0.6) is 5.75 Å². The van der Waals surface area contributed by atoms with Crippen LogP contribution in [0.1, 0.15) is 23.0 Å². The lowest BCUT2D eigenvalue weighted by Gasteiger charge is -2.24. The summed E-state index contributed by atoms with van der Waals surface area (Å²) in [6.07, 6.45) is -1.51. The van der Waals surface area contributed by atoms with E-state index in [0.717, 1.165) is 22.8 Å². The molecule has 1 atom stereocenters. The fourth-order valence-electron chi connectivity index (χ4n) is 3.18. The summed E-state index contributed by atoms with van der Waals surface area (Å²) in [4.78, 5) is 35.6. The van der Waals surface area contributed by atoms with Crippen LogP contribution in [0.25, 0.3) is 11.1 Å². The molecule has 3 rings (SSSR count). The van der Waals surface area contributed by atoms with Crippen molar-refractivity contribution >= 4 is 23.5 Å². The summed E-state index contributed by atoms with van der Waals surface area (Å²) in [6, 6.07) is 13.7. The number of H-pyrrole nitrogens is 1. The zero-order valence-electron chi connectivity index (χ0n) is 18.5. The van der Waals surface area contributed by atoms with Gasteiger partial charge >= 0.3 is 11.9 Å². The first-order valence-corrected chi connectivity index (χ1v) is 10.7. The molecule has 2 aromatic carbocycles. The van der Waals surface area contributed by atoms with Gasteiger partial charge in [0, 0.05) is 17.1 Å². The molecule has 0 bridgehead atoms. The van der Waals surface area contributed by atoms with Gasteiger partial charge < -0.3 is 19.1 Å². The number of halogens is 1. The maximum Gasteiger partial charge on any atom is 0.336 e. The number of aromatic nitrogens is 1. The molecule has 0 fully saturated rings. The summed E-state index contributed by atoms with van der Waals surface area (Å²) in [5, 5.41) is 14.1. The second-order valence-corrected chi connectivity index (χ2v) is 7.64. The minimum Gasteiger partial charge on any atom is -0.496 e. The van der Waals surface area contributed by atoms with Crippen molar-refractivity contribution in [1.29, 1.82) is 0 Å². The number of methoxy groups -OCH3 is 1. The number of benzene rings is 2. The molecule has 0 unspecified atom stereocenters. The molecule has 0 aliphatic rings. The van der Waals surface area contributed by atoms with Crippen molar-refractivity contribution < 1.29 is 28.7 Å². The van der Waals surface area contributed by atoms with Crippen molar-refractivity contribution in [2.24, 2.45) is 0 Å². The van der Waals surface area contributed by atoms with E-state index in [1.165, 1.54) is 5.01 Å². The lowest BCUT2D eigenvalue weighted by molar-refractivity contribution is -0.154. The van der Waals surface area contributed by atoms with E-state index < -0.39 is 23.5 Å². The van der Waals surface area contributed by atoms with Crippen molar-refractivity contribution in [3.63, 3.8) is 0 Å². The van der Waals surface area contributed by atoms with Crippen molar-refractivity contribution in [2.75, 3.05) is 20.3 Å². The van der Waals surface area contributed by atoms with Crippen molar-refractivity contribution in [2.45, 2.75) is 19.6 Å². The number of ether oxygens (including phenoxy) is 2. The Morgan fingerprint density at radius 1 is 1.21 bits per heavy atom. The van der Waals surface area contributed by atoms with E-state index in [9.17, 15) is 19.5 Å². The van der Waals surface area contributed by atoms with E-state index in [0.29, 0.717) is 10.8 Å². The fraction of sp³-hybridized carbons (Fsp3) is 0.261. The van der Waals surface area contributed by atoms with Crippen LogP contribution in [0, 0.1) is 0 Å². The zero-order valence-corrected chi connectivity index (χ0v) is 19.3. The summed E-state index contributed by atoms with van der Waals surface area (Å²) < 4.78 is 15.0. The van der Waals surface area contributed by atoms with E-state index >= 15 is 0 Å². The number of amides is 1. The van der Waals surface area contributed by atoms with Crippen LogP contribution in [0.15, 0.2) is 57.8 Å². The van der Waals surface area contributed by atoms with Gasteiger partial charge in [-0.3, -0.25) is 15.0 Å². The van der Waals surface area contributed by atoms with Gasteiger partial charge in [-0.1, -0.05) is 35.9 Å². The number of hydrogen-bond acceptors (Lipinski definition) is 8. The highest BCUT2D eigenvalue weighted by Crippen LogP contribution is 2.32. The van der Waals surface area contributed by atoms with Gasteiger partial charge in [0.05, 0.1) is 26.3 Å². The molecule has 180 valence electrons. The highest BCUT2D eigenvalue weighted by Gasteiger charge is 2.23. The molecule has 0 aliphatic carbocycles. The number of aliphatic hydroxyl groups excluding tert-OH is 1. The second kappa shape index (κ2) is 11.5. The molecular formula is C23H24ClN3O7. The summed E-state index contributed by atoms with van der Waals surface area (Å²) in [5.41, 5.74) is 4.39. The van der Waals surface area contributed by atoms with Gasteiger partial charge in [-0.15, -0.1) is 0 Å². The minimum absolute atomic E-state index is 0.102. The van der Waals surface area contributed by atoms with Crippen molar-refractivity contribution in [3.05, 3.63) is 75.2 Å². The molecule has 0 aliphatic heterocycles. The number of hydrogen-bond donors (Lipinski definition) is 3. The summed E-state index contributed by atoms with van der Waals surface area (Å²) in [5.74, 6) is -1.13. The molecule has 1 amide bonds. The first kappa shape index (κ1) is 25.0. The summed E-state index contributed by atoms with van der Waals surface area (Å²) >= 11 is 6.13. The first-order chi connectivity index (χ1) is 16.3. The Balaban J connectivity index is 1.79. The van der Waals surface area contributed by atoms with Crippen LogP contribution in [-0.4, -0.2) is 53.5 Å². The van der Waals surface area contributed by atoms with Crippen molar-refractivity contribution in [3.8, 4) is 16.9 Å². The molecule has 3 N–H and O–H groups in total. The van der Waals surface area contributed by atoms with Crippen LogP contribution in [0.4, 0.5) is 0 Å². The Morgan fingerprint density at radius 2 is 1.94 bits per heavy atom. The van der Waals surface area contributed by atoms with Gasteiger partial charge in [-0.25, -0.2) is 9.80 Å². The van der Waals surface area contributed by atoms with Gasteiger partial charge in [-0.05, 0) is 36.2 Å². The van der Waals surface area contributed by atoms with Gasteiger partial charge in [0.25, 0.3) is 5.56 Å². The first-order valence-electron chi connectivity index (χ1n) is 10.3. The predicted molar refractivity (Wildman–Crippen MR) is 123 cm³/mol. The van der Waals surface area contributed by atoms with Crippen LogP contribution in [-0.2, 0) is 16.1 Å². The second-order valence-electron chi connectivity index (χ2n) is 7.21. The quantitative estimate of drug-likeness (QED) is 0.292. The fourth-order valence-corrected chi connectivity index (χ4v) is 3.35. The van der Waals surface area contributed by atoms with E-state index in [-0.39, 0.29) is 25.5 Å². The monoisotopic (exact) mass is 489 g/mol. The third kappa shape index (κ3) is 6.47. The average molecular weight is 490 g/mol.